The molecule has 2 heterocycles. The second-order valence-corrected chi connectivity index (χ2v) is 7.65. The summed E-state index contributed by atoms with van der Waals surface area (Å²) in [7, 11) is 0. The van der Waals surface area contributed by atoms with Gasteiger partial charge in [-0.05, 0) is 55.8 Å². The monoisotopic (exact) mass is 387 g/mol. The summed E-state index contributed by atoms with van der Waals surface area (Å²) in [4.78, 5) is 26.8. The molecule has 0 radical (unpaired) electrons. The first kappa shape index (κ1) is 19.0. The van der Waals surface area contributed by atoms with Gasteiger partial charge in [-0.1, -0.05) is 30.3 Å². The Labute approximate surface area is 171 Å². The van der Waals surface area contributed by atoms with Gasteiger partial charge in [-0.25, -0.2) is 0 Å². The van der Waals surface area contributed by atoms with Gasteiger partial charge in [0.15, 0.2) is 0 Å². The van der Waals surface area contributed by atoms with E-state index in [1.165, 1.54) is 11.4 Å². The number of rotatable bonds is 5. The summed E-state index contributed by atoms with van der Waals surface area (Å²) in [6.45, 7) is 5.15. The largest absolute Gasteiger partial charge is 0.338 e. The molecule has 2 aromatic carbocycles. The van der Waals surface area contributed by atoms with Crippen molar-refractivity contribution in [2.24, 2.45) is 5.92 Å². The Hall–Kier alpha value is -3.34. The normalized spacial score (nSPS) is 16.3. The molecule has 0 unspecified atom stereocenters. The summed E-state index contributed by atoms with van der Waals surface area (Å²) in [6.07, 6.45) is 0.262. The zero-order valence-corrected chi connectivity index (χ0v) is 16.8. The van der Waals surface area contributed by atoms with E-state index in [2.05, 4.69) is 35.9 Å². The predicted octanol–water partition coefficient (Wildman–Crippen LogP) is 4.08. The Morgan fingerprint density at radius 3 is 2.28 bits per heavy atom. The topological polar surface area (TPSA) is 54.3 Å². The zero-order valence-electron chi connectivity index (χ0n) is 16.8. The number of nitrogens with one attached hydrogen (secondary N) is 1. The van der Waals surface area contributed by atoms with Crippen molar-refractivity contribution in [1.82, 2.24) is 9.47 Å². The van der Waals surface area contributed by atoms with Crippen LogP contribution in [-0.2, 0) is 16.1 Å². The summed E-state index contributed by atoms with van der Waals surface area (Å²) in [6, 6.07) is 21.8. The van der Waals surface area contributed by atoms with Crippen LogP contribution in [0.4, 0.5) is 5.69 Å². The van der Waals surface area contributed by atoms with E-state index < -0.39 is 0 Å². The summed E-state index contributed by atoms with van der Waals surface area (Å²) in [5.41, 5.74) is 5.22. The zero-order chi connectivity index (χ0) is 20.4. The van der Waals surface area contributed by atoms with E-state index in [0.717, 1.165) is 16.9 Å². The minimum atomic E-state index is -0.320. The summed E-state index contributed by atoms with van der Waals surface area (Å²) >= 11 is 0. The second-order valence-electron chi connectivity index (χ2n) is 7.65. The molecule has 148 valence electrons. The highest BCUT2D eigenvalue weighted by molar-refractivity contribution is 5.97. The van der Waals surface area contributed by atoms with Crippen molar-refractivity contribution < 1.29 is 9.59 Å². The molecule has 0 spiro atoms. The maximum absolute atomic E-state index is 12.7. The van der Waals surface area contributed by atoms with Gasteiger partial charge >= 0.3 is 0 Å². The van der Waals surface area contributed by atoms with Crippen LogP contribution in [0.15, 0.2) is 66.7 Å². The molecule has 29 heavy (non-hydrogen) atoms. The van der Waals surface area contributed by atoms with Crippen LogP contribution in [0.2, 0.25) is 0 Å². The first-order valence-corrected chi connectivity index (χ1v) is 9.89. The highest BCUT2D eigenvalue weighted by Crippen LogP contribution is 2.23. The molecule has 4 rings (SSSR count). The molecule has 2 amide bonds. The third kappa shape index (κ3) is 4.09. The van der Waals surface area contributed by atoms with Crippen molar-refractivity contribution in [1.29, 1.82) is 0 Å². The lowest BCUT2D eigenvalue weighted by molar-refractivity contribution is -0.128. The molecule has 0 saturated carbocycles. The van der Waals surface area contributed by atoms with Gasteiger partial charge in [0, 0.05) is 42.3 Å². The molecule has 1 saturated heterocycles. The van der Waals surface area contributed by atoms with E-state index in [1.807, 2.05) is 54.6 Å². The van der Waals surface area contributed by atoms with E-state index in [-0.39, 0.29) is 24.2 Å². The Morgan fingerprint density at radius 1 is 0.966 bits per heavy atom. The van der Waals surface area contributed by atoms with Gasteiger partial charge < -0.3 is 14.8 Å². The van der Waals surface area contributed by atoms with E-state index in [4.69, 9.17) is 0 Å². The quantitative estimate of drug-likeness (QED) is 0.717. The Kier molecular flexibility index (Phi) is 5.21. The molecule has 1 aliphatic rings. The van der Waals surface area contributed by atoms with Crippen LogP contribution < -0.4 is 5.32 Å². The lowest BCUT2D eigenvalue weighted by Crippen LogP contribution is -2.28. The van der Waals surface area contributed by atoms with E-state index in [0.29, 0.717) is 13.1 Å². The summed E-state index contributed by atoms with van der Waals surface area (Å²) < 4.78 is 2.17. The van der Waals surface area contributed by atoms with E-state index in [9.17, 15) is 9.59 Å². The number of aromatic nitrogens is 1. The van der Waals surface area contributed by atoms with Crippen molar-refractivity contribution in [3.05, 3.63) is 83.7 Å². The summed E-state index contributed by atoms with van der Waals surface area (Å²) in [5.74, 6) is -0.391. The van der Waals surface area contributed by atoms with Crippen molar-refractivity contribution in [3.8, 4) is 5.69 Å². The number of hydrogen-bond donors (Lipinski definition) is 1. The third-order valence-corrected chi connectivity index (χ3v) is 5.47. The number of amides is 2. The molecule has 1 fully saturated rings. The molecule has 0 bridgehead atoms. The maximum atomic E-state index is 12.7. The molecular weight excluding hydrogens is 362 g/mol. The molecular formula is C24H25N3O2. The standard InChI is InChI=1S/C24H25N3O2/c1-17-8-9-18(2)27(17)22-12-10-21(11-13-22)25-24(29)20-14-23(28)26(16-20)15-19-6-4-3-5-7-19/h3-13,20H,14-16H2,1-2H3,(H,25,29)/t20-/m1/s1. The van der Waals surface area contributed by atoms with Crippen LogP contribution in [0.5, 0.6) is 0 Å². The number of benzene rings is 2. The van der Waals surface area contributed by atoms with Crippen molar-refractivity contribution in [2.45, 2.75) is 26.8 Å². The van der Waals surface area contributed by atoms with Crippen LogP contribution in [0, 0.1) is 19.8 Å². The fraction of sp³-hybridized carbons (Fsp3) is 0.250. The van der Waals surface area contributed by atoms with Gasteiger partial charge in [0.2, 0.25) is 11.8 Å². The van der Waals surface area contributed by atoms with Crippen LogP contribution in [0.25, 0.3) is 5.69 Å². The minimum absolute atomic E-state index is 0.0305. The molecule has 1 aliphatic heterocycles. The van der Waals surface area contributed by atoms with Crippen LogP contribution in [0.3, 0.4) is 0 Å². The SMILES string of the molecule is Cc1ccc(C)n1-c1ccc(NC(=O)[C@@H]2CC(=O)N(Cc3ccccc3)C2)cc1. The number of aryl methyl sites for hydroxylation is 2. The van der Waals surface area contributed by atoms with Crippen LogP contribution >= 0.6 is 0 Å². The number of carbonyl (C=O) groups excluding carboxylic acids is 2. The van der Waals surface area contributed by atoms with Crippen molar-refractivity contribution in [3.63, 3.8) is 0 Å². The van der Waals surface area contributed by atoms with Crippen LogP contribution in [-0.4, -0.2) is 27.8 Å². The van der Waals surface area contributed by atoms with Gasteiger partial charge in [0.25, 0.3) is 0 Å². The number of nitrogens with zero attached hydrogens (tertiary/aromatic N) is 2. The molecule has 5 heteroatoms. The smallest absolute Gasteiger partial charge is 0.229 e. The number of hydrogen-bond acceptors (Lipinski definition) is 2. The van der Waals surface area contributed by atoms with Crippen molar-refractivity contribution >= 4 is 17.5 Å². The highest BCUT2D eigenvalue weighted by Gasteiger charge is 2.34. The van der Waals surface area contributed by atoms with Gasteiger partial charge in [-0.2, -0.15) is 0 Å². The average molecular weight is 387 g/mol. The molecule has 5 nitrogen and oxygen atoms in total. The van der Waals surface area contributed by atoms with E-state index >= 15 is 0 Å². The fourth-order valence-electron chi connectivity index (χ4n) is 3.92. The van der Waals surface area contributed by atoms with Gasteiger partial charge in [0.05, 0.1) is 5.92 Å². The number of carbonyl (C=O) groups is 2. The number of anilines is 1. The van der Waals surface area contributed by atoms with Crippen molar-refractivity contribution in [2.75, 3.05) is 11.9 Å². The van der Waals surface area contributed by atoms with Crippen LogP contribution in [0.1, 0.15) is 23.4 Å². The molecule has 0 aliphatic carbocycles. The van der Waals surface area contributed by atoms with Gasteiger partial charge in [-0.15, -0.1) is 0 Å². The average Bonchev–Trinajstić information content (AvgIpc) is 3.25. The maximum Gasteiger partial charge on any atom is 0.229 e. The molecule has 1 N–H and O–H groups in total. The minimum Gasteiger partial charge on any atom is -0.338 e. The lowest BCUT2D eigenvalue weighted by Gasteiger charge is -2.17. The first-order valence-electron chi connectivity index (χ1n) is 9.89. The molecule has 1 aromatic heterocycles. The Balaban J connectivity index is 1.39. The second kappa shape index (κ2) is 7.95. The van der Waals surface area contributed by atoms with E-state index in [1.54, 1.807) is 4.90 Å². The lowest BCUT2D eigenvalue weighted by atomic mass is 10.1. The first-order chi connectivity index (χ1) is 14.0. The highest BCUT2D eigenvalue weighted by atomic mass is 16.2. The third-order valence-electron chi connectivity index (χ3n) is 5.47. The molecule has 1 atom stereocenters. The fourth-order valence-corrected chi connectivity index (χ4v) is 3.92. The Morgan fingerprint density at radius 2 is 1.62 bits per heavy atom. The summed E-state index contributed by atoms with van der Waals surface area (Å²) in [5, 5.41) is 2.96. The Bertz CT molecular complexity index is 1000. The molecule has 3 aromatic rings. The number of likely N-dealkylation sites (tertiary alicyclic amines) is 1. The predicted molar refractivity (Wildman–Crippen MR) is 114 cm³/mol. The van der Waals surface area contributed by atoms with Gasteiger partial charge in [-0.3, -0.25) is 9.59 Å². The van der Waals surface area contributed by atoms with Gasteiger partial charge in [0.1, 0.15) is 0 Å².